The second kappa shape index (κ2) is 7.22. The third-order valence-electron chi connectivity index (χ3n) is 4.75. The Morgan fingerprint density at radius 1 is 1.26 bits per heavy atom. The van der Waals surface area contributed by atoms with Gasteiger partial charge in [-0.2, -0.15) is 9.97 Å². The van der Waals surface area contributed by atoms with Gasteiger partial charge in [-0.15, -0.1) is 0 Å². The summed E-state index contributed by atoms with van der Waals surface area (Å²) in [4.78, 5) is 32.3. The van der Waals surface area contributed by atoms with Crippen LogP contribution in [-0.4, -0.2) is 56.9 Å². The van der Waals surface area contributed by atoms with Crippen molar-refractivity contribution in [1.29, 1.82) is 0 Å². The smallest absolute Gasteiger partial charge is 0.326 e. The number of rotatable bonds is 4. The number of H-pyrrole nitrogens is 1. The van der Waals surface area contributed by atoms with E-state index < -0.39 is 0 Å². The van der Waals surface area contributed by atoms with E-state index in [2.05, 4.69) is 37.8 Å². The highest BCUT2D eigenvalue weighted by atomic mass is 16.5. The Hall–Kier alpha value is -3.16. The van der Waals surface area contributed by atoms with E-state index in [1.807, 2.05) is 11.0 Å². The molecule has 1 amide bonds. The fourth-order valence-electron chi connectivity index (χ4n) is 3.25. The summed E-state index contributed by atoms with van der Waals surface area (Å²) >= 11 is 0. The second-order valence-corrected chi connectivity index (χ2v) is 6.52. The zero-order chi connectivity index (χ0) is 18.8. The number of ether oxygens (including phenoxy) is 1. The van der Waals surface area contributed by atoms with Crippen molar-refractivity contribution in [3.8, 4) is 11.8 Å². The van der Waals surface area contributed by atoms with Gasteiger partial charge in [0.2, 0.25) is 5.91 Å². The molecule has 1 aliphatic heterocycles. The van der Waals surface area contributed by atoms with Gasteiger partial charge in [0.15, 0.2) is 0 Å². The summed E-state index contributed by atoms with van der Waals surface area (Å²) in [5.74, 6) is 1.53. The van der Waals surface area contributed by atoms with E-state index in [4.69, 9.17) is 4.74 Å². The predicted octanol–water partition coefficient (Wildman–Crippen LogP) is 2.38. The van der Waals surface area contributed by atoms with Gasteiger partial charge in [-0.3, -0.25) is 9.78 Å². The molecule has 3 aromatic heterocycles. The molecule has 1 N–H and O–H groups in total. The van der Waals surface area contributed by atoms with Crippen LogP contribution in [0.4, 0.5) is 5.82 Å². The zero-order valence-electron chi connectivity index (χ0n) is 15.5. The van der Waals surface area contributed by atoms with Crippen LogP contribution in [0, 0.1) is 0 Å². The molecule has 1 fully saturated rings. The van der Waals surface area contributed by atoms with E-state index in [1.165, 1.54) is 0 Å². The minimum absolute atomic E-state index is 0.109. The normalized spacial score (nSPS) is 14.6. The molecule has 4 rings (SSSR count). The van der Waals surface area contributed by atoms with Gasteiger partial charge in [0, 0.05) is 45.0 Å². The summed E-state index contributed by atoms with van der Waals surface area (Å²) in [5.41, 5.74) is 1.85. The SMILES string of the molecule is CCc1cc2c(N3CCN(C(C)=O)CC3)nc(Oc3cccnc3)nc2[nH]1. The predicted molar refractivity (Wildman–Crippen MR) is 102 cm³/mol. The van der Waals surface area contributed by atoms with E-state index in [-0.39, 0.29) is 11.9 Å². The number of anilines is 1. The molecule has 0 aliphatic carbocycles. The number of carbonyl (C=O) groups is 1. The minimum atomic E-state index is 0.109. The van der Waals surface area contributed by atoms with E-state index in [0.717, 1.165) is 42.1 Å². The summed E-state index contributed by atoms with van der Waals surface area (Å²) in [6, 6.07) is 6.00. The Morgan fingerprint density at radius 2 is 2.07 bits per heavy atom. The molecule has 0 bridgehead atoms. The van der Waals surface area contributed by atoms with Gasteiger partial charge >= 0.3 is 6.01 Å². The Labute approximate surface area is 157 Å². The van der Waals surface area contributed by atoms with Crippen LogP contribution in [0.1, 0.15) is 19.5 Å². The van der Waals surface area contributed by atoms with Crippen LogP contribution in [0.5, 0.6) is 11.8 Å². The van der Waals surface area contributed by atoms with Gasteiger partial charge in [0.25, 0.3) is 0 Å². The number of nitrogens with zero attached hydrogens (tertiary/aromatic N) is 5. The van der Waals surface area contributed by atoms with Crippen molar-refractivity contribution >= 4 is 22.8 Å². The zero-order valence-corrected chi connectivity index (χ0v) is 15.5. The number of pyridine rings is 1. The third kappa shape index (κ3) is 3.55. The van der Waals surface area contributed by atoms with Gasteiger partial charge in [-0.05, 0) is 24.6 Å². The number of aromatic amines is 1. The summed E-state index contributed by atoms with van der Waals surface area (Å²) < 4.78 is 5.82. The second-order valence-electron chi connectivity index (χ2n) is 6.52. The quantitative estimate of drug-likeness (QED) is 0.763. The van der Waals surface area contributed by atoms with E-state index in [1.54, 1.807) is 25.4 Å². The van der Waals surface area contributed by atoms with Gasteiger partial charge in [-0.1, -0.05) is 6.92 Å². The highest BCUT2D eigenvalue weighted by Crippen LogP contribution is 2.29. The Balaban J connectivity index is 1.69. The molecule has 0 radical (unpaired) electrons. The number of fused-ring (bicyclic) bond motifs is 1. The number of amides is 1. The molecule has 0 saturated carbocycles. The van der Waals surface area contributed by atoms with Crippen LogP contribution in [-0.2, 0) is 11.2 Å². The molecule has 0 atom stereocenters. The van der Waals surface area contributed by atoms with Gasteiger partial charge < -0.3 is 19.5 Å². The molecular weight excluding hydrogens is 344 g/mol. The molecule has 1 aliphatic rings. The van der Waals surface area contributed by atoms with Crippen LogP contribution in [0.3, 0.4) is 0 Å². The third-order valence-corrected chi connectivity index (χ3v) is 4.75. The fourth-order valence-corrected chi connectivity index (χ4v) is 3.25. The Morgan fingerprint density at radius 3 is 2.74 bits per heavy atom. The standard InChI is InChI=1S/C19H22N6O2/c1-3-14-11-16-17(21-14)22-19(27-15-5-4-6-20-12-15)23-18(16)25-9-7-24(8-10-25)13(2)26/h4-6,11-12H,3,7-10H2,1-2H3,(H,21,22,23). The van der Waals surface area contributed by atoms with Crippen molar-refractivity contribution in [3.05, 3.63) is 36.3 Å². The maximum Gasteiger partial charge on any atom is 0.326 e. The van der Waals surface area contributed by atoms with Crippen LogP contribution >= 0.6 is 0 Å². The van der Waals surface area contributed by atoms with Crippen molar-refractivity contribution in [1.82, 2.24) is 24.8 Å². The molecule has 8 heteroatoms. The number of hydrogen-bond acceptors (Lipinski definition) is 6. The molecule has 3 aromatic rings. The number of hydrogen-bond donors (Lipinski definition) is 1. The summed E-state index contributed by atoms with van der Waals surface area (Å²) in [6.45, 7) is 6.53. The topological polar surface area (TPSA) is 87.2 Å². The van der Waals surface area contributed by atoms with E-state index >= 15 is 0 Å². The summed E-state index contributed by atoms with van der Waals surface area (Å²) in [5, 5.41) is 0.974. The van der Waals surface area contributed by atoms with E-state index in [9.17, 15) is 4.79 Å². The average molecular weight is 366 g/mol. The van der Waals surface area contributed by atoms with Crippen LogP contribution in [0.25, 0.3) is 11.0 Å². The maximum absolute atomic E-state index is 11.6. The molecule has 27 heavy (non-hydrogen) atoms. The molecular formula is C19H22N6O2. The largest absolute Gasteiger partial charge is 0.423 e. The Bertz CT molecular complexity index is 947. The average Bonchev–Trinajstić information content (AvgIpc) is 3.11. The summed E-state index contributed by atoms with van der Waals surface area (Å²) in [7, 11) is 0. The fraction of sp³-hybridized carbons (Fsp3) is 0.368. The van der Waals surface area contributed by atoms with E-state index in [0.29, 0.717) is 18.8 Å². The maximum atomic E-state index is 11.6. The summed E-state index contributed by atoms with van der Waals surface area (Å²) in [6.07, 6.45) is 4.20. The number of nitrogens with one attached hydrogen (secondary N) is 1. The number of piperazine rings is 1. The first-order valence-corrected chi connectivity index (χ1v) is 9.12. The van der Waals surface area contributed by atoms with Crippen LogP contribution in [0.15, 0.2) is 30.6 Å². The van der Waals surface area contributed by atoms with Gasteiger partial charge in [0.05, 0.1) is 11.6 Å². The van der Waals surface area contributed by atoms with Crippen molar-refractivity contribution in [3.63, 3.8) is 0 Å². The highest BCUT2D eigenvalue weighted by molar-refractivity contribution is 5.89. The first-order valence-electron chi connectivity index (χ1n) is 9.12. The van der Waals surface area contributed by atoms with Crippen LogP contribution in [0.2, 0.25) is 0 Å². The number of carbonyl (C=O) groups excluding carboxylic acids is 1. The molecule has 0 unspecified atom stereocenters. The molecule has 4 heterocycles. The first kappa shape index (κ1) is 17.3. The lowest BCUT2D eigenvalue weighted by Gasteiger charge is -2.35. The van der Waals surface area contributed by atoms with Crippen molar-refractivity contribution in [2.45, 2.75) is 20.3 Å². The van der Waals surface area contributed by atoms with Crippen molar-refractivity contribution in [2.75, 3.05) is 31.1 Å². The molecule has 140 valence electrons. The van der Waals surface area contributed by atoms with Crippen LogP contribution < -0.4 is 9.64 Å². The number of aryl methyl sites for hydroxylation is 1. The molecule has 0 spiro atoms. The lowest BCUT2D eigenvalue weighted by atomic mass is 10.2. The van der Waals surface area contributed by atoms with Crippen molar-refractivity contribution < 1.29 is 9.53 Å². The highest BCUT2D eigenvalue weighted by Gasteiger charge is 2.23. The Kier molecular flexibility index (Phi) is 4.62. The monoisotopic (exact) mass is 366 g/mol. The van der Waals surface area contributed by atoms with Gasteiger partial charge in [0.1, 0.15) is 17.2 Å². The lowest BCUT2D eigenvalue weighted by Crippen LogP contribution is -2.48. The van der Waals surface area contributed by atoms with Gasteiger partial charge in [-0.25, -0.2) is 0 Å². The molecule has 8 nitrogen and oxygen atoms in total. The van der Waals surface area contributed by atoms with Crippen molar-refractivity contribution in [2.24, 2.45) is 0 Å². The molecule has 0 aromatic carbocycles. The molecule has 1 saturated heterocycles. The first-order chi connectivity index (χ1) is 13.1. The number of aromatic nitrogens is 4. The lowest BCUT2D eigenvalue weighted by molar-refractivity contribution is -0.129. The minimum Gasteiger partial charge on any atom is -0.423 e.